The lowest BCUT2D eigenvalue weighted by atomic mass is 9.58. The maximum atomic E-state index is 12.9. The predicted molar refractivity (Wildman–Crippen MR) is 135 cm³/mol. The maximum absolute atomic E-state index is 12.9. The highest BCUT2D eigenvalue weighted by atomic mass is 35.5. The van der Waals surface area contributed by atoms with Gasteiger partial charge in [-0.3, -0.25) is 9.69 Å². The SMILES string of the molecule is C=CCN1CCC2(c3cccc(OC)c3)C[C@H](NC(=O)Cc3ccc(Cl)c(Cl)c3)CCC2C1. The highest BCUT2D eigenvalue weighted by molar-refractivity contribution is 6.42. The van der Waals surface area contributed by atoms with Gasteiger partial charge in [0.2, 0.25) is 5.91 Å². The lowest BCUT2D eigenvalue weighted by molar-refractivity contribution is -0.121. The van der Waals surface area contributed by atoms with Crippen molar-refractivity contribution < 1.29 is 9.53 Å². The minimum atomic E-state index is 0.0294. The van der Waals surface area contributed by atoms with Crippen molar-refractivity contribution in [1.29, 1.82) is 0 Å². The van der Waals surface area contributed by atoms with Crippen LogP contribution in [-0.2, 0) is 16.6 Å². The Bertz CT molecular complexity index is 1010. The van der Waals surface area contributed by atoms with Gasteiger partial charge in [0.25, 0.3) is 0 Å². The Hall–Kier alpha value is -2.01. The van der Waals surface area contributed by atoms with Gasteiger partial charge in [0.05, 0.1) is 23.6 Å². The van der Waals surface area contributed by atoms with Crippen LogP contribution >= 0.6 is 23.2 Å². The van der Waals surface area contributed by atoms with Gasteiger partial charge in [-0.05, 0) is 73.5 Å². The number of likely N-dealkylation sites (tertiary alicyclic amines) is 1. The lowest BCUT2D eigenvalue weighted by Gasteiger charge is -2.53. The first-order valence-electron chi connectivity index (χ1n) is 11.6. The summed E-state index contributed by atoms with van der Waals surface area (Å²) >= 11 is 12.1. The zero-order valence-corrected chi connectivity index (χ0v) is 20.7. The number of halogens is 2. The van der Waals surface area contributed by atoms with Gasteiger partial charge in [0.15, 0.2) is 0 Å². The first-order chi connectivity index (χ1) is 15.9. The molecule has 1 saturated heterocycles. The average Bonchev–Trinajstić information content (AvgIpc) is 2.81. The van der Waals surface area contributed by atoms with Crippen LogP contribution in [0.5, 0.6) is 5.75 Å². The second-order valence-corrected chi connectivity index (χ2v) is 10.2. The third-order valence-corrected chi connectivity index (χ3v) is 8.09. The van der Waals surface area contributed by atoms with Gasteiger partial charge in [-0.2, -0.15) is 0 Å². The fourth-order valence-electron chi connectivity index (χ4n) is 5.74. The summed E-state index contributed by atoms with van der Waals surface area (Å²) in [6, 6.07) is 14.0. The van der Waals surface area contributed by atoms with E-state index in [0.29, 0.717) is 22.4 Å². The fraction of sp³-hybridized carbons (Fsp3) is 0.444. The van der Waals surface area contributed by atoms with Crippen molar-refractivity contribution >= 4 is 29.1 Å². The van der Waals surface area contributed by atoms with E-state index in [1.165, 1.54) is 5.56 Å². The summed E-state index contributed by atoms with van der Waals surface area (Å²) in [6.45, 7) is 6.94. The number of nitrogens with zero attached hydrogens (tertiary/aromatic N) is 1. The molecule has 0 aromatic heterocycles. The first-order valence-corrected chi connectivity index (χ1v) is 12.4. The van der Waals surface area contributed by atoms with Crippen molar-refractivity contribution in [3.8, 4) is 5.75 Å². The Morgan fingerprint density at radius 2 is 2.09 bits per heavy atom. The van der Waals surface area contributed by atoms with Crippen molar-refractivity contribution in [2.24, 2.45) is 5.92 Å². The van der Waals surface area contributed by atoms with Crippen LogP contribution in [0.2, 0.25) is 10.0 Å². The first kappa shape index (κ1) is 24.1. The largest absolute Gasteiger partial charge is 0.497 e. The van der Waals surface area contributed by atoms with Gasteiger partial charge in [0, 0.05) is 24.5 Å². The minimum absolute atomic E-state index is 0.0294. The highest BCUT2D eigenvalue weighted by Crippen LogP contribution is 2.49. The second-order valence-electron chi connectivity index (χ2n) is 9.35. The van der Waals surface area contributed by atoms with E-state index in [1.807, 2.05) is 18.2 Å². The van der Waals surface area contributed by atoms with Crippen LogP contribution in [0.4, 0.5) is 0 Å². The number of nitrogens with one attached hydrogen (secondary N) is 1. The summed E-state index contributed by atoms with van der Waals surface area (Å²) in [6.07, 6.45) is 6.38. The van der Waals surface area contributed by atoms with Crippen molar-refractivity contribution in [3.05, 3.63) is 76.3 Å². The number of ether oxygens (including phenoxy) is 1. The molecule has 1 amide bonds. The van der Waals surface area contributed by atoms with E-state index in [-0.39, 0.29) is 17.4 Å². The summed E-state index contributed by atoms with van der Waals surface area (Å²) in [7, 11) is 1.72. The minimum Gasteiger partial charge on any atom is -0.497 e. The number of carbonyl (C=O) groups excluding carboxylic acids is 1. The van der Waals surface area contributed by atoms with Crippen molar-refractivity contribution in [1.82, 2.24) is 10.2 Å². The Kier molecular flexibility index (Phi) is 7.68. The highest BCUT2D eigenvalue weighted by Gasteiger charge is 2.48. The summed E-state index contributed by atoms with van der Waals surface area (Å²) in [4.78, 5) is 15.4. The quantitative estimate of drug-likeness (QED) is 0.513. The molecule has 4 nitrogen and oxygen atoms in total. The van der Waals surface area contributed by atoms with E-state index >= 15 is 0 Å². The van der Waals surface area contributed by atoms with Gasteiger partial charge in [-0.15, -0.1) is 6.58 Å². The number of hydrogen-bond donors (Lipinski definition) is 1. The van der Waals surface area contributed by atoms with Crippen molar-refractivity contribution in [2.75, 3.05) is 26.7 Å². The molecular formula is C27H32Cl2N2O2. The van der Waals surface area contributed by atoms with E-state index in [4.69, 9.17) is 27.9 Å². The molecule has 2 unspecified atom stereocenters. The smallest absolute Gasteiger partial charge is 0.224 e. The van der Waals surface area contributed by atoms with Crippen LogP contribution in [0.3, 0.4) is 0 Å². The maximum Gasteiger partial charge on any atom is 0.224 e. The van der Waals surface area contributed by atoms with E-state index < -0.39 is 0 Å². The molecule has 3 atom stereocenters. The Morgan fingerprint density at radius 3 is 2.85 bits per heavy atom. The van der Waals surface area contributed by atoms with Crippen LogP contribution < -0.4 is 10.1 Å². The Morgan fingerprint density at radius 1 is 1.24 bits per heavy atom. The number of fused-ring (bicyclic) bond motifs is 1. The molecule has 2 aliphatic rings. The van der Waals surface area contributed by atoms with Crippen LogP contribution in [0.25, 0.3) is 0 Å². The molecule has 1 heterocycles. The molecule has 4 rings (SSSR count). The average molecular weight is 487 g/mol. The molecule has 1 aliphatic heterocycles. The van der Waals surface area contributed by atoms with E-state index in [0.717, 1.165) is 56.6 Å². The lowest BCUT2D eigenvalue weighted by Crippen LogP contribution is -2.56. The standard InChI is InChI=1S/C27H32Cl2N2O2/c1-3-12-31-13-11-27(20-5-4-6-23(16-20)33-2)17-22(9-8-21(27)18-31)30-26(32)15-19-7-10-24(28)25(29)14-19/h3-7,10,14,16,21-22H,1,8-9,11-13,15,17-18H2,2H3,(H,30,32)/t21?,22-,27?/m1/s1. The summed E-state index contributed by atoms with van der Waals surface area (Å²) in [5, 5.41) is 4.30. The molecule has 33 heavy (non-hydrogen) atoms. The van der Waals surface area contributed by atoms with Crippen LogP contribution in [-0.4, -0.2) is 43.6 Å². The third-order valence-electron chi connectivity index (χ3n) is 7.35. The molecule has 1 aliphatic carbocycles. The van der Waals surface area contributed by atoms with Crippen molar-refractivity contribution in [3.63, 3.8) is 0 Å². The number of benzene rings is 2. The van der Waals surface area contributed by atoms with Crippen LogP contribution in [0.15, 0.2) is 55.1 Å². The molecule has 0 bridgehead atoms. The molecule has 0 spiro atoms. The molecule has 2 fully saturated rings. The van der Waals surface area contributed by atoms with E-state index in [9.17, 15) is 4.79 Å². The topological polar surface area (TPSA) is 41.6 Å². The van der Waals surface area contributed by atoms with Gasteiger partial charge in [0.1, 0.15) is 5.75 Å². The normalized spacial score (nSPS) is 25.2. The molecule has 2 aromatic rings. The third kappa shape index (κ3) is 5.40. The fourth-order valence-corrected chi connectivity index (χ4v) is 6.06. The van der Waals surface area contributed by atoms with Gasteiger partial charge in [-0.1, -0.05) is 47.5 Å². The number of piperidine rings is 1. The number of hydrogen-bond acceptors (Lipinski definition) is 3. The molecule has 1 saturated carbocycles. The predicted octanol–water partition coefficient (Wildman–Crippen LogP) is 5.66. The number of methoxy groups -OCH3 is 1. The zero-order chi connectivity index (χ0) is 23.4. The number of amides is 1. The molecule has 176 valence electrons. The monoisotopic (exact) mass is 486 g/mol. The second kappa shape index (κ2) is 10.5. The Labute approximate surface area is 206 Å². The molecule has 1 N–H and O–H groups in total. The van der Waals surface area contributed by atoms with Gasteiger partial charge < -0.3 is 10.1 Å². The zero-order valence-electron chi connectivity index (χ0n) is 19.2. The molecule has 0 radical (unpaired) electrons. The van der Waals surface area contributed by atoms with Crippen molar-refractivity contribution in [2.45, 2.75) is 43.6 Å². The number of rotatable bonds is 7. The number of carbonyl (C=O) groups is 1. The summed E-state index contributed by atoms with van der Waals surface area (Å²) in [5.74, 6) is 1.46. The van der Waals surface area contributed by atoms with Crippen LogP contribution in [0, 0.1) is 5.92 Å². The summed E-state index contributed by atoms with van der Waals surface area (Å²) in [5.41, 5.74) is 2.23. The Balaban J connectivity index is 1.52. The van der Waals surface area contributed by atoms with E-state index in [2.05, 4.69) is 35.0 Å². The molecular weight excluding hydrogens is 455 g/mol. The van der Waals surface area contributed by atoms with E-state index in [1.54, 1.807) is 19.2 Å². The van der Waals surface area contributed by atoms with Gasteiger partial charge in [-0.25, -0.2) is 0 Å². The molecule has 6 heteroatoms. The summed E-state index contributed by atoms with van der Waals surface area (Å²) < 4.78 is 5.54. The van der Waals surface area contributed by atoms with Gasteiger partial charge >= 0.3 is 0 Å². The van der Waals surface area contributed by atoms with Crippen LogP contribution in [0.1, 0.15) is 36.8 Å². The molecule has 2 aromatic carbocycles.